The second-order valence-corrected chi connectivity index (χ2v) is 6.92. The molecule has 0 fully saturated rings. The third-order valence-corrected chi connectivity index (χ3v) is 5.22. The van der Waals surface area contributed by atoms with Crippen molar-refractivity contribution in [1.82, 2.24) is 9.97 Å². The van der Waals surface area contributed by atoms with Crippen molar-refractivity contribution in [1.29, 1.82) is 0 Å². The van der Waals surface area contributed by atoms with Crippen molar-refractivity contribution in [2.45, 2.75) is 39.0 Å². The Kier molecular flexibility index (Phi) is 5.20. The van der Waals surface area contributed by atoms with Gasteiger partial charge >= 0.3 is 0 Å². The van der Waals surface area contributed by atoms with E-state index in [1.54, 1.807) is 12.1 Å². The van der Waals surface area contributed by atoms with Gasteiger partial charge in [0, 0.05) is 5.41 Å². The Morgan fingerprint density at radius 1 is 1.19 bits per heavy atom. The second-order valence-electron chi connectivity index (χ2n) is 5.48. The highest BCUT2D eigenvalue weighted by atomic mass is 127. The fourth-order valence-electron chi connectivity index (χ4n) is 2.14. The van der Waals surface area contributed by atoms with Crippen LogP contribution < -0.4 is 0 Å². The Morgan fingerprint density at radius 2 is 1.81 bits per heavy atom. The highest BCUT2D eigenvalue weighted by molar-refractivity contribution is 14.1. The molecule has 1 aromatic carbocycles. The lowest BCUT2D eigenvalue weighted by Gasteiger charge is -2.24. The van der Waals surface area contributed by atoms with E-state index in [4.69, 9.17) is 16.6 Å². The van der Waals surface area contributed by atoms with Crippen molar-refractivity contribution in [2.75, 3.05) is 0 Å². The number of rotatable bonds is 4. The summed E-state index contributed by atoms with van der Waals surface area (Å²) < 4.78 is 14.0. The van der Waals surface area contributed by atoms with E-state index in [1.165, 1.54) is 12.1 Å². The Bertz CT molecular complexity index is 641. The molecule has 0 aliphatic heterocycles. The van der Waals surface area contributed by atoms with Gasteiger partial charge in [0.15, 0.2) is 0 Å². The van der Waals surface area contributed by atoms with Crippen LogP contribution in [0.3, 0.4) is 0 Å². The highest BCUT2D eigenvalue weighted by Gasteiger charge is 2.28. The molecular weight excluding hydrogens is 402 g/mol. The van der Waals surface area contributed by atoms with Crippen LogP contribution in [0, 0.1) is 9.39 Å². The molecule has 0 unspecified atom stereocenters. The number of nitrogens with zero attached hydrogens (tertiary/aromatic N) is 2. The molecule has 2 nitrogen and oxygen atoms in total. The average molecular weight is 419 g/mol. The quantitative estimate of drug-likeness (QED) is 0.507. The summed E-state index contributed by atoms with van der Waals surface area (Å²) in [6.45, 7) is 6.15. The molecule has 2 aromatic rings. The molecule has 21 heavy (non-hydrogen) atoms. The summed E-state index contributed by atoms with van der Waals surface area (Å²) in [6, 6.07) is 6.45. The largest absolute Gasteiger partial charge is 0.236 e. The summed E-state index contributed by atoms with van der Waals surface area (Å²) in [6.07, 6.45) is 1.87. The van der Waals surface area contributed by atoms with Crippen LogP contribution in [0.2, 0.25) is 5.15 Å². The van der Waals surface area contributed by atoms with Gasteiger partial charge in [-0.1, -0.05) is 37.1 Å². The van der Waals surface area contributed by atoms with Gasteiger partial charge in [-0.3, -0.25) is 0 Å². The Labute approximate surface area is 143 Å². The zero-order valence-electron chi connectivity index (χ0n) is 12.3. The van der Waals surface area contributed by atoms with Crippen LogP contribution in [-0.4, -0.2) is 9.97 Å². The first-order chi connectivity index (χ1) is 9.86. The van der Waals surface area contributed by atoms with Crippen molar-refractivity contribution in [3.05, 3.63) is 55.9 Å². The third kappa shape index (κ3) is 3.54. The molecule has 1 heterocycles. The van der Waals surface area contributed by atoms with Gasteiger partial charge in [0.2, 0.25) is 0 Å². The fraction of sp³-hybridized carbons (Fsp3) is 0.375. The molecule has 1 aromatic heterocycles. The molecule has 0 saturated carbocycles. The third-order valence-electron chi connectivity index (χ3n) is 3.49. The van der Waals surface area contributed by atoms with E-state index in [0.717, 1.165) is 27.7 Å². The summed E-state index contributed by atoms with van der Waals surface area (Å²) in [5, 5.41) is 0.485. The first-order valence-electron chi connectivity index (χ1n) is 6.84. The van der Waals surface area contributed by atoms with Gasteiger partial charge in [0.25, 0.3) is 0 Å². The van der Waals surface area contributed by atoms with E-state index in [9.17, 15) is 4.39 Å². The maximum Gasteiger partial charge on any atom is 0.146 e. The van der Waals surface area contributed by atoms with Gasteiger partial charge in [0.05, 0.1) is 9.26 Å². The van der Waals surface area contributed by atoms with Crippen molar-refractivity contribution in [3.63, 3.8) is 0 Å². The summed E-state index contributed by atoms with van der Waals surface area (Å²) in [5.74, 6) is 0.422. The molecule has 0 radical (unpaired) electrons. The Hall–Kier alpha value is -0.750. The van der Waals surface area contributed by atoms with Crippen molar-refractivity contribution in [3.8, 4) is 0 Å². The molecule has 0 aliphatic rings. The predicted octanol–water partition coefficient (Wildman–Crippen LogP) is 5.15. The van der Waals surface area contributed by atoms with Gasteiger partial charge in [-0.05, 0) is 60.6 Å². The van der Waals surface area contributed by atoms with Gasteiger partial charge < -0.3 is 0 Å². The standard InChI is InChI=1S/C16H17ClFIN2/c1-4-5-12-13(19)14(17)21-15(20-12)16(2,3)10-6-8-11(18)9-7-10/h6-9H,4-5H2,1-3H3. The molecule has 0 saturated heterocycles. The number of hydrogen-bond acceptors (Lipinski definition) is 2. The van der Waals surface area contributed by atoms with E-state index in [1.807, 2.05) is 13.8 Å². The molecule has 0 atom stereocenters. The molecule has 0 spiro atoms. The number of benzene rings is 1. The van der Waals surface area contributed by atoms with Crippen molar-refractivity contribution in [2.24, 2.45) is 0 Å². The van der Waals surface area contributed by atoms with Crippen molar-refractivity contribution >= 4 is 34.2 Å². The average Bonchev–Trinajstić information content (AvgIpc) is 2.44. The smallest absolute Gasteiger partial charge is 0.146 e. The van der Waals surface area contributed by atoms with E-state index < -0.39 is 5.41 Å². The lowest BCUT2D eigenvalue weighted by Crippen LogP contribution is -2.23. The van der Waals surface area contributed by atoms with Crippen LogP contribution in [-0.2, 0) is 11.8 Å². The first kappa shape index (κ1) is 16.6. The number of halogens is 3. The van der Waals surface area contributed by atoms with Crippen LogP contribution in [0.5, 0.6) is 0 Å². The van der Waals surface area contributed by atoms with Gasteiger partial charge in [0.1, 0.15) is 16.8 Å². The molecule has 5 heteroatoms. The predicted molar refractivity (Wildman–Crippen MR) is 92.3 cm³/mol. The zero-order valence-corrected chi connectivity index (χ0v) is 15.2. The normalized spacial score (nSPS) is 11.7. The monoisotopic (exact) mass is 418 g/mol. The van der Waals surface area contributed by atoms with Crippen LogP contribution >= 0.6 is 34.2 Å². The van der Waals surface area contributed by atoms with Gasteiger partial charge in [-0.2, -0.15) is 0 Å². The van der Waals surface area contributed by atoms with Crippen LogP contribution in [0.25, 0.3) is 0 Å². The fourth-order valence-corrected chi connectivity index (χ4v) is 2.84. The van der Waals surface area contributed by atoms with Crippen LogP contribution in [0.15, 0.2) is 24.3 Å². The van der Waals surface area contributed by atoms with E-state index in [-0.39, 0.29) is 5.82 Å². The summed E-state index contributed by atoms with van der Waals surface area (Å²) in [4.78, 5) is 9.14. The lowest BCUT2D eigenvalue weighted by molar-refractivity contribution is 0.577. The minimum Gasteiger partial charge on any atom is -0.236 e. The number of aromatic nitrogens is 2. The maximum absolute atomic E-state index is 13.1. The summed E-state index contributed by atoms with van der Waals surface area (Å²) in [5.41, 5.74) is 1.51. The minimum absolute atomic E-state index is 0.247. The molecule has 112 valence electrons. The summed E-state index contributed by atoms with van der Waals surface area (Å²) in [7, 11) is 0. The van der Waals surface area contributed by atoms with Crippen molar-refractivity contribution < 1.29 is 4.39 Å². The molecule has 0 amide bonds. The zero-order chi connectivity index (χ0) is 15.6. The highest BCUT2D eigenvalue weighted by Crippen LogP contribution is 2.31. The van der Waals surface area contributed by atoms with Gasteiger partial charge in [-0.15, -0.1) is 0 Å². The first-order valence-corrected chi connectivity index (χ1v) is 8.30. The van der Waals surface area contributed by atoms with Crippen LogP contribution in [0.4, 0.5) is 4.39 Å². The molecule has 2 rings (SSSR count). The SMILES string of the molecule is CCCc1nc(C(C)(C)c2ccc(F)cc2)nc(Cl)c1I. The Morgan fingerprint density at radius 3 is 2.38 bits per heavy atom. The van der Waals surface area contributed by atoms with E-state index >= 15 is 0 Å². The lowest BCUT2D eigenvalue weighted by atomic mass is 9.83. The van der Waals surface area contributed by atoms with Crippen LogP contribution in [0.1, 0.15) is 44.3 Å². The van der Waals surface area contributed by atoms with E-state index in [0.29, 0.717) is 11.0 Å². The molecule has 0 bridgehead atoms. The number of aryl methyl sites for hydroxylation is 1. The molecule has 0 N–H and O–H groups in total. The van der Waals surface area contributed by atoms with Gasteiger partial charge in [-0.25, -0.2) is 14.4 Å². The summed E-state index contributed by atoms with van der Waals surface area (Å²) >= 11 is 8.44. The topological polar surface area (TPSA) is 25.8 Å². The Balaban J connectivity index is 2.51. The maximum atomic E-state index is 13.1. The number of hydrogen-bond donors (Lipinski definition) is 0. The van der Waals surface area contributed by atoms with E-state index in [2.05, 4.69) is 34.5 Å². The minimum atomic E-state index is -0.426. The second kappa shape index (κ2) is 6.57. The molecular formula is C16H17ClFIN2. The molecule has 0 aliphatic carbocycles.